The van der Waals surface area contributed by atoms with Crippen molar-refractivity contribution in [3.63, 3.8) is 0 Å². The molecule has 0 aliphatic rings. The SMILES string of the molecule is COC(C)(O)C(Cc1ccccc1)(NC(=O)O)C(N)=O. The largest absolute Gasteiger partial charge is 0.465 e. The molecule has 0 spiro atoms. The number of methoxy groups -OCH3 is 1. The summed E-state index contributed by atoms with van der Waals surface area (Å²) in [6, 6.07) is 8.60. The van der Waals surface area contributed by atoms with E-state index in [2.05, 4.69) is 0 Å². The van der Waals surface area contributed by atoms with Gasteiger partial charge in [-0.25, -0.2) is 4.79 Å². The molecule has 2 amide bonds. The van der Waals surface area contributed by atoms with Crippen LogP contribution < -0.4 is 11.1 Å². The second-order valence-electron chi connectivity index (χ2n) is 4.55. The van der Waals surface area contributed by atoms with Crippen molar-refractivity contribution < 1.29 is 24.5 Å². The van der Waals surface area contributed by atoms with Crippen LogP contribution in [0.25, 0.3) is 0 Å². The number of ether oxygens (including phenoxy) is 1. The molecule has 5 N–H and O–H groups in total. The number of carbonyl (C=O) groups excluding carboxylic acids is 1. The highest BCUT2D eigenvalue weighted by molar-refractivity contribution is 5.90. The Bertz CT molecular complexity index is 489. The number of primary amides is 1. The third kappa shape index (κ3) is 3.06. The van der Waals surface area contributed by atoms with Crippen LogP contribution in [-0.2, 0) is 16.0 Å². The maximum absolute atomic E-state index is 11.8. The molecular weight excluding hydrogens is 264 g/mol. The fourth-order valence-corrected chi connectivity index (χ4v) is 1.96. The van der Waals surface area contributed by atoms with Crippen LogP contribution in [0.1, 0.15) is 12.5 Å². The molecule has 20 heavy (non-hydrogen) atoms. The summed E-state index contributed by atoms with van der Waals surface area (Å²) in [6.45, 7) is 1.18. The lowest BCUT2D eigenvalue weighted by Crippen LogP contribution is -2.71. The van der Waals surface area contributed by atoms with Crippen LogP contribution in [0.4, 0.5) is 4.79 Å². The van der Waals surface area contributed by atoms with Crippen LogP contribution in [0.15, 0.2) is 30.3 Å². The summed E-state index contributed by atoms with van der Waals surface area (Å²) >= 11 is 0. The Hall–Kier alpha value is -2.12. The minimum Gasteiger partial charge on any atom is -0.465 e. The minimum absolute atomic E-state index is 0.143. The van der Waals surface area contributed by atoms with Crippen LogP contribution in [-0.4, -0.2) is 40.6 Å². The number of hydrogen-bond acceptors (Lipinski definition) is 4. The Morgan fingerprint density at radius 1 is 1.35 bits per heavy atom. The number of hydrogen-bond donors (Lipinski definition) is 4. The van der Waals surface area contributed by atoms with E-state index in [0.29, 0.717) is 5.56 Å². The molecule has 7 nitrogen and oxygen atoms in total. The van der Waals surface area contributed by atoms with E-state index >= 15 is 0 Å². The van der Waals surface area contributed by atoms with E-state index in [1.165, 1.54) is 6.92 Å². The first-order valence-electron chi connectivity index (χ1n) is 5.87. The van der Waals surface area contributed by atoms with E-state index in [1.807, 2.05) is 5.32 Å². The van der Waals surface area contributed by atoms with Gasteiger partial charge in [-0.05, 0) is 12.5 Å². The molecule has 0 bridgehead atoms. The van der Waals surface area contributed by atoms with Gasteiger partial charge in [-0.1, -0.05) is 30.3 Å². The first kappa shape index (κ1) is 15.9. The van der Waals surface area contributed by atoms with Crippen LogP contribution in [0.3, 0.4) is 0 Å². The third-order valence-electron chi connectivity index (χ3n) is 3.24. The number of carboxylic acid groups (broad SMARTS) is 1. The standard InChI is InChI=1S/C13H18N2O5/c1-12(19,20-2)13(10(14)16,15-11(17)18)8-9-6-4-3-5-7-9/h3-7,15,19H,8H2,1-2H3,(H2,14,16)(H,17,18). The van der Waals surface area contributed by atoms with Gasteiger partial charge in [-0.2, -0.15) is 0 Å². The molecule has 1 aromatic carbocycles. The fraction of sp³-hybridized carbons (Fsp3) is 0.385. The van der Waals surface area contributed by atoms with Gasteiger partial charge in [0, 0.05) is 13.5 Å². The predicted octanol–water partition coefficient (Wildman–Crippen LogP) is 0.0757. The summed E-state index contributed by atoms with van der Waals surface area (Å²) in [7, 11) is 1.16. The van der Waals surface area contributed by atoms with Gasteiger partial charge >= 0.3 is 6.09 Å². The van der Waals surface area contributed by atoms with E-state index in [1.54, 1.807) is 30.3 Å². The number of amides is 2. The summed E-state index contributed by atoms with van der Waals surface area (Å²) in [4.78, 5) is 22.8. The van der Waals surface area contributed by atoms with Crippen molar-refractivity contribution in [2.24, 2.45) is 5.73 Å². The second-order valence-corrected chi connectivity index (χ2v) is 4.55. The molecule has 1 rings (SSSR count). The molecule has 0 saturated heterocycles. The molecule has 0 aliphatic carbocycles. The van der Waals surface area contributed by atoms with Crippen molar-refractivity contribution in [2.75, 3.05) is 7.11 Å². The van der Waals surface area contributed by atoms with Crippen molar-refractivity contribution in [3.8, 4) is 0 Å². The van der Waals surface area contributed by atoms with Crippen LogP contribution in [0, 0.1) is 0 Å². The van der Waals surface area contributed by atoms with Gasteiger partial charge in [-0.3, -0.25) is 4.79 Å². The molecule has 2 atom stereocenters. The molecule has 0 fully saturated rings. The van der Waals surface area contributed by atoms with Crippen molar-refractivity contribution >= 4 is 12.0 Å². The lowest BCUT2D eigenvalue weighted by Gasteiger charge is -2.41. The normalized spacial score (nSPS) is 16.8. The number of nitrogens with two attached hydrogens (primary N) is 1. The summed E-state index contributed by atoms with van der Waals surface area (Å²) in [5.41, 5.74) is 3.94. The summed E-state index contributed by atoms with van der Waals surface area (Å²) < 4.78 is 4.87. The van der Waals surface area contributed by atoms with Gasteiger partial charge < -0.3 is 26.0 Å². The number of carbonyl (C=O) groups is 2. The number of aliphatic hydroxyl groups is 1. The van der Waals surface area contributed by atoms with Crippen LogP contribution in [0.2, 0.25) is 0 Å². The Morgan fingerprint density at radius 2 is 1.90 bits per heavy atom. The Balaban J connectivity index is 3.30. The average Bonchev–Trinajstić information content (AvgIpc) is 2.38. The molecule has 0 heterocycles. The molecule has 0 saturated carbocycles. The quantitative estimate of drug-likeness (QED) is 0.550. The molecule has 110 valence electrons. The highest BCUT2D eigenvalue weighted by Crippen LogP contribution is 2.27. The second kappa shape index (κ2) is 5.89. The molecule has 7 heteroatoms. The third-order valence-corrected chi connectivity index (χ3v) is 3.24. The Morgan fingerprint density at radius 3 is 2.30 bits per heavy atom. The molecule has 0 aromatic heterocycles. The topological polar surface area (TPSA) is 122 Å². The molecule has 1 aromatic rings. The van der Waals surface area contributed by atoms with Crippen LogP contribution >= 0.6 is 0 Å². The van der Waals surface area contributed by atoms with Crippen molar-refractivity contribution in [3.05, 3.63) is 35.9 Å². The lowest BCUT2D eigenvalue weighted by molar-refractivity contribution is -0.220. The lowest BCUT2D eigenvalue weighted by atomic mass is 9.82. The maximum atomic E-state index is 11.8. The van der Waals surface area contributed by atoms with E-state index in [9.17, 15) is 14.7 Å². The first-order valence-corrected chi connectivity index (χ1v) is 5.87. The van der Waals surface area contributed by atoms with Gasteiger partial charge in [0.2, 0.25) is 5.91 Å². The van der Waals surface area contributed by atoms with Crippen molar-refractivity contribution in [1.82, 2.24) is 5.32 Å². The highest BCUT2D eigenvalue weighted by atomic mass is 16.6. The Kier molecular flexibility index (Phi) is 4.69. The zero-order chi connectivity index (χ0) is 15.4. The fourth-order valence-electron chi connectivity index (χ4n) is 1.96. The van der Waals surface area contributed by atoms with Crippen molar-refractivity contribution in [1.29, 1.82) is 0 Å². The zero-order valence-electron chi connectivity index (χ0n) is 11.3. The molecule has 2 unspecified atom stereocenters. The van der Waals surface area contributed by atoms with Gasteiger partial charge in [0.15, 0.2) is 11.3 Å². The zero-order valence-corrected chi connectivity index (χ0v) is 11.3. The molecule has 0 radical (unpaired) electrons. The smallest absolute Gasteiger partial charge is 0.405 e. The number of rotatable bonds is 6. The van der Waals surface area contributed by atoms with E-state index in [4.69, 9.17) is 15.6 Å². The highest BCUT2D eigenvalue weighted by Gasteiger charge is 2.54. The van der Waals surface area contributed by atoms with E-state index in [-0.39, 0.29) is 6.42 Å². The van der Waals surface area contributed by atoms with Gasteiger partial charge in [0.25, 0.3) is 0 Å². The van der Waals surface area contributed by atoms with E-state index < -0.39 is 23.3 Å². The van der Waals surface area contributed by atoms with Gasteiger partial charge in [0.1, 0.15) is 0 Å². The van der Waals surface area contributed by atoms with Gasteiger partial charge in [-0.15, -0.1) is 0 Å². The minimum atomic E-state index is -2.10. The summed E-state index contributed by atoms with van der Waals surface area (Å²) in [6.07, 6.45) is -1.63. The summed E-state index contributed by atoms with van der Waals surface area (Å²) in [5.74, 6) is -3.14. The number of nitrogens with one attached hydrogen (secondary N) is 1. The van der Waals surface area contributed by atoms with Gasteiger partial charge in [0.05, 0.1) is 0 Å². The monoisotopic (exact) mass is 282 g/mol. The van der Waals surface area contributed by atoms with E-state index in [0.717, 1.165) is 7.11 Å². The molecular formula is C13H18N2O5. The summed E-state index contributed by atoms with van der Waals surface area (Å²) in [5, 5.41) is 21.2. The predicted molar refractivity (Wildman–Crippen MR) is 70.9 cm³/mol. The van der Waals surface area contributed by atoms with Crippen molar-refractivity contribution in [2.45, 2.75) is 24.7 Å². The number of benzene rings is 1. The van der Waals surface area contributed by atoms with Crippen LogP contribution in [0.5, 0.6) is 0 Å². The molecule has 0 aliphatic heterocycles. The average molecular weight is 282 g/mol. The first-order chi connectivity index (χ1) is 9.25. The maximum Gasteiger partial charge on any atom is 0.405 e. The Labute approximate surface area is 116 Å².